The van der Waals surface area contributed by atoms with Crippen LogP contribution in [0.1, 0.15) is 22.3 Å². The first kappa shape index (κ1) is 11.6. The first-order valence-electron chi connectivity index (χ1n) is 4.63. The van der Waals surface area contributed by atoms with E-state index in [0.717, 1.165) is 5.56 Å². The van der Waals surface area contributed by atoms with Gasteiger partial charge in [0.2, 0.25) is 0 Å². The van der Waals surface area contributed by atoms with Crippen molar-refractivity contribution in [2.75, 3.05) is 6.54 Å². The van der Waals surface area contributed by atoms with Gasteiger partial charge in [-0.1, -0.05) is 11.6 Å². The van der Waals surface area contributed by atoms with Gasteiger partial charge in [-0.25, -0.2) is 0 Å². The predicted octanol–water partition coefficient (Wildman–Crippen LogP) is 2.40. The number of carbonyl (C=O) groups excluding carboxylic acids is 1. The highest BCUT2D eigenvalue weighted by Crippen LogP contribution is 2.14. The second kappa shape index (κ2) is 5.43. The SMILES string of the molecule is C#CCCNC(=O)c1ccc(Cl)cc1C. The normalized spacial score (nSPS) is 9.40. The summed E-state index contributed by atoms with van der Waals surface area (Å²) >= 11 is 5.79. The standard InChI is InChI=1S/C12H12ClNO/c1-3-4-7-14-12(15)11-6-5-10(13)8-9(11)2/h1,5-6,8H,4,7H2,2H3,(H,14,15). The van der Waals surface area contributed by atoms with Gasteiger partial charge in [-0.15, -0.1) is 12.3 Å². The lowest BCUT2D eigenvalue weighted by Gasteiger charge is -2.06. The molecule has 1 aromatic rings. The lowest BCUT2D eigenvalue weighted by atomic mass is 10.1. The predicted molar refractivity (Wildman–Crippen MR) is 62.0 cm³/mol. The zero-order chi connectivity index (χ0) is 11.3. The van der Waals surface area contributed by atoms with E-state index in [2.05, 4.69) is 11.2 Å². The molecule has 0 aromatic heterocycles. The van der Waals surface area contributed by atoms with Crippen molar-refractivity contribution in [2.45, 2.75) is 13.3 Å². The molecule has 0 aliphatic rings. The van der Waals surface area contributed by atoms with Crippen LogP contribution in [0, 0.1) is 19.3 Å². The first-order chi connectivity index (χ1) is 7.15. The van der Waals surface area contributed by atoms with E-state index in [-0.39, 0.29) is 5.91 Å². The Kier molecular flexibility index (Phi) is 4.20. The molecule has 3 heteroatoms. The molecule has 1 rings (SSSR count). The third kappa shape index (κ3) is 3.30. The molecular weight excluding hydrogens is 210 g/mol. The Bertz CT molecular complexity index is 407. The molecule has 78 valence electrons. The molecule has 0 fully saturated rings. The fourth-order valence-corrected chi connectivity index (χ4v) is 1.45. The van der Waals surface area contributed by atoms with E-state index >= 15 is 0 Å². The molecule has 1 aromatic carbocycles. The second-order valence-electron chi connectivity index (χ2n) is 3.17. The number of carbonyl (C=O) groups is 1. The van der Waals surface area contributed by atoms with Crippen LogP contribution in [0.2, 0.25) is 5.02 Å². The Labute approximate surface area is 94.6 Å². The molecule has 1 N–H and O–H groups in total. The molecular formula is C12H12ClNO. The Morgan fingerprint density at radius 1 is 1.60 bits per heavy atom. The van der Waals surface area contributed by atoms with E-state index in [4.69, 9.17) is 18.0 Å². The number of terminal acetylenes is 1. The lowest BCUT2D eigenvalue weighted by molar-refractivity contribution is 0.0954. The average Bonchev–Trinajstić information content (AvgIpc) is 2.17. The molecule has 0 unspecified atom stereocenters. The third-order valence-corrected chi connectivity index (χ3v) is 2.22. The molecule has 15 heavy (non-hydrogen) atoms. The van der Waals surface area contributed by atoms with Crippen LogP contribution in [0.25, 0.3) is 0 Å². The van der Waals surface area contributed by atoms with Crippen LogP contribution in [-0.2, 0) is 0 Å². The van der Waals surface area contributed by atoms with Crippen molar-refractivity contribution in [1.29, 1.82) is 0 Å². The van der Waals surface area contributed by atoms with Crippen LogP contribution in [0.15, 0.2) is 18.2 Å². The number of hydrogen-bond donors (Lipinski definition) is 1. The Morgan fingerprint density at radius 3 is 2.93 bits per heavy atom. The minimum atomic E-state index is -0.112. The van der Waals surface area contributed by atoms with Crippen molar-refractivity contribution in [2.24, 2.45) is 0 Å². The fourth-order valence-electron chi connectivity index (χ4n) is 1.23. The molecule has 0 aliphatic heterocycles. The quantitative estimate of drug-likeness (QED) is 0.617. The smallest absolute Gasteiger partial charge is 0.251 e. The highest BCUT2D eigenvalue weighted by Gasteiger charge is 2.07. The van der Waals surface area contributed by atoms with Crippen LogP contribution in [0.3, 0.4) is 0 Å². The maximum absolute atomic E-state index is 11.6. The molecule has 0 radical (unpaired) electrons. The number of nitrogens with one attached hydrogen (secondary N) is 1. The first-order valence-corrected chi connectivity index (χ1v) is 5.00. The van der Waals surface area contributed by atoms with Gasteiger partial charge in [0.1, 0.15) is 0 Å². The Morgan fingerprint density at radius 2 is 2.33 bits per heavy atom. The monoisotopic (exact) mass is 221 g/mol. The zero-order valence-electron chi connectivity index (χ0n) is 8.51. The Hall–Kier alpha value is -1.46. The molecule has 0 bridgehead atoms. The summed E-state index contributed by atoms with van der Waals surface area (Å²) in [6, 6.07) is 5.17. The molecule has 0 spiro atoms. The number of amides is 1. The third-order valence-electron chi connectivity index (χ3n) is 1.99. The number of hydrogen-bond acceptors (Lipinski definition) is 1. The molecule has 0 heterocycles. The summed E-state index contributed by atoms with van der Waals surface area (Å²) in [6.07, 6.45) is 5.62. The summed E-state index contributed by atoms with van der Waals surface area (Å²) in [5.74, 6) is 2.35. The molecule has 0 saturated carbocycles. The number of aryl methyl sites for hydroxylation is 1. The van der Waals surface area contributed by atoms with E-state index in [9.17, 15) is 4.79 Å². The van der Waals surface area contributed by atoms with E-state index in [1.54, 1.807) is 18.2 Å². The minimum Gasteiger partial charge on any atom is -0.351 e. The van der Waals surface area contributed by atoms with Crippen LogP contribution < -0.4 is 5.32 Å². The number of benzene rings is 1. The summed E-state index contributed by atoms with van der Waals surface area (Å²) in [6.45, 7) is 2.35. The molecule has 0 atom stereocenters. The molecule has 0 saturated heterocycles. The van der Waals surface area contributed by atoms with Crippen LogP contribution >= 0.6 is 11.6 Å². The Balaban J connectivity index is 2.70. The van der Waals surface area contributed by atoms with Gasteiger partial charge in [-0.2, -0.15) is 0 Å². The summed E-state index contributed by atoms with van der Waals surface area (Å²) in [7, 11) is 0. The molecule has 2 nitrogen and oxygen atoms in total. The number of halogens is 1. The van der Waals surface area contributed by atoms with Crippen LogP contribution in [0.4, 0.5) is 0 Å². The second-order valence-corrected chi connectivity index (χ2v) is 3.61. The fraction of sp³-hybridized carbons (Fsp3) is 0.250. The summed E-state index contributed by atoms with van der Waals surface area (Å²) in [4.78, 5) is 11.6. The van der Waals surface area contributed by atoms with Gasteiger partial charge < -0.3 is 5.32 Å². The summed E-state index contributed by atoms with van der Waals surface area (Å²) in [5, 5.41) is 3.37. The molecule has 0 aliphatic carbocycles. The topological polar surface area (TPSA) is 29.1 Å². The van der Waals surface area contributed by atoms with Crippen molar-refractivity contribution >= 4 is 17.5 Å². The maximum Gasteiger partial charge on any atom is 0.251 e. The van der Waals surface area contributed by atoms with Gasteiger partial charge in [0.05, 0.1) is 0 Å². The summed E-state index contributed by atoms with van der Waals surface area (Å²) < 4.78 is 0. The van der Waals surface area contributed by atoms with E-state index in [1.807, 2.05) is 6.92 Å². The largest absolute Gasteiger partial charge is 0.351 e. The summed E-state index contributed by atoms with van der Waals surface area (Å²) in [5.41, 5.74) is 1.50. The van der Waals surface area contributed by atoms with E-state index in [0.29, 0.717) is 23.6 Å². The van der Waals surface area contributed by atoms with Crippen LogP contribution in [0.5, 0.6) is 0 Å². The number of rotatable bonds is 3. The molecule has 1 amide bonds. The minimum absolute atomic E-state index is 0.112. The van der Waals surface area contributed by atoms with Crippen molar-refractivity contribution in [3.8, 4) is 12.3 Å². The van der Waals surface area contributed by atoms with Crippen molar-refractivity contribution < 1.29 is 4.79 Å². The van der Waals surface area contributed by atoms with Crippen LogP contribution in [-0.4, -0.2) is 12.5 Å². The van der Waals surface area contributed by atoms with E-state index < -0.39 is 0 Å². The highest BCUT2D eigenvalue weighted by molar-refractivity contribution is 6.30. The lowest BCUT2D eigenvalue weighted by Crippen LogP contribution is -2.24. The van der Waals surface area contributed by atoms with E-state index in [1.165, 1.54) is 0 Å². The van der Waals surface area contributed by atoms with Gasteiger partial charge >= 0.3 is 0 Å². The van der Waals surface area contributed by atoms with Gasteiger partial charge in [0.25, 0.3) is 5.91 Å². The van der Waals surface area contributed by atoms with Crippen molar-refractivity contribution in [3.05, 3.63) is 34.3 Å². The van der Waals surface area contributed by atoms with Crippen molar-refractivity contribution in [1.82, 2.24) is 5.32 Å². The maximum atomic E-state index is 11.6. The van der Waals surface area contributed by atoms with Gasteiger partial charge in [0.15, 0.2) is 0 Å². The van der Waals surface area contributed by atoms with Crippen molar-refractivity contribution in [3.63, 3.8) is 0 Å². The van der Waals surface area contributed by atoms with Gasteiger partial charge in [0, 0.05) is 23.6 Å². The van der Waals surface area contributed by atoms with Gasteiger partial charge in [-0.3, -0.25) is 4.79 Å². The average molecular weight is 222 g/mol. The zero-order valence-corrected chi connectivity index (χ0v) is 9.27. The highest BCUT2D eigenvalue weighted by atomic mass is 35.5. The van der Waals surface area contributed by atoms with Gasteiger partial charge in [-0.05, 0) is 30.7 Å².